The average molecular weight is 408 g/mol. The summed E-state index contributed by atoms with van der Waals surface area (Å²) in [6, 6.07) is 16.1. The predicted molar refractivity (Wildman–Crippen MR) is 121 cm³/mol. The number of aryl methyl sites for hydroxylation is 2. The zero-order valence-corrected chi connectivity index (χ0v) is 18.1. The minimum atomic E-state index is -0.281. The summed E-state index contributed by atoms with van der Waals surface area (Å²) >= 11 is 0. The maximum Gasteiger partial charge on any atom is 0.246 e. The van der Waals surface area contributed by atoms with Crippen LogP contribution in [0.5, 0.6) is 0 Å². The van der Waals surface area contributed by atoms with Gasteiger partial charge in [0, 0.05) is 45.0 Å². The number of ether oxygens (including phenoxy) is 1. The van der Waals surface area contributed by atoms with Crippen LogP contribution in [0.4, 0.5) is 5.69 Å². The van der Waals surface area contributed by atoms with Crippen molar-refractivity contribution in [2.45, 2.75) is 38.8 Å². The van der Waals surface area contributed by atoms with Crippen molar-refractivity contribution in [2.24, 2.45) is 0 Å². The number of rotatable bonds is 6. The second-order valence-corrected chi connectivity index (χ2v) is 8.59. The van der Waals surface area contributed by atoms with Crippen molar-refractivity contribution >= 4 is 11.6 Å². The second kappa shape index (κ2) is 9.73. The van der Waals surface area contributed by atoms with E-state index in [1.807, 2.05) is 25.1 Å². The Morgan fingerprint density at radius 1 is 1.10 bits per heavy atom. The van der Waals surface area contributed by atoms with Crippen molar-refractivity contribution in [3.8, 4) is 0 Å². The van der Waals surface area contributed by atoms with E-state index in [4.69, 9.17) is 4.74 Å². The van der Waals surface area contributed by atoms with Crippen LogP contribution >= 0.6 is 0 Å². The van der Waals surface area contributed by atoms with Crippen LogP contribution in [0.25, 0.3) is 0 Å². The van der Waals surface area contributed by atoms with E-state index in [1.165, 1.54) is 12.8 Å². The van der Waals surface area contributed by atoms with Gasteiger partial charge in [0.15, 0.2) is 0 Å². The van der Waals surface area contributed by atoms with Gasteiger partial charge in [0.1, 0.15) is 6.04 Å². The van der Waals surface area contributed by atoms with Crippen molar-refractivity contribution < 1.29 is 9.53 Å². The van der Waals surface area contributed by atoms with Gasteiger partial charge in [0.2, 0.25) is 5.91 Å². The maximum absolute atomic E-state index is 13.4. The first-order chi connectivity index (χ1) is 14.6. The van der Waals surface area contributed by atoms with E-state index in [0.29, 0.717) is 6.10 Å². The Morgan fingerprint density at radius 3 is 2.57 bits per heavy atom. The molecule has 0 bridgehead atoms. The molecule has 5 heteroatoms. The van der Waals surface area contributed by atoms with Crippen molar-refractivity contribution in [3.05, 3.63) is 65.2 Å². The molecule has 0 aliphatic carbocycles. The van der Waals surface area contributed by atoms with Crippen LogP contribution < -0.4 is 5.32 Å². The summed E-state index contributed by atoms with van der Waals surface area (Å²) in [6.45, 7) is 9.71. The number of amides is 1. The monoisotopic (exact) mass is 407 g/mol. The minimum absolute atomic E-state index is 0.0440. The third kappa shape index (κ3) is 5.09. The van der Waals surface area contributed by atoms with E-state index >= 15 is 0 Å². The maximum atomic E-state index is 13.4. The fraction of sp³-hybridized carbons (Fsp3) is 0.480. The lowest BCUT2D eigenvalue weighted by atomic mass is 10.0. The molecule has 1 N–H and O–H groups in total. The molecule has 0 radical (unpaired) electrons. The van der Waals surface area contributed by atoms with E-state index in [9.17, 15) is 4.79 Å². The first-order valence-corrected chi connectivity index (χ1v) is 11.1. The topological polar surface area (TPSA) is 44.8 Å². The van der Waals surface area contributed by atoms with E-state index in [2.05, 4.69) is 52.4 Å². The Labute approximate surface area is 180 Å². The Morgan fingerprint density at radius 2 is 1.87 bits per heavy atom. The molecule has 0 aromatic heterocycles. The molecule has 0 saturated carbocycles. The third-order valence-corrected chi connectivity index (χ3v) is 6.27. The van der Waals surface area contributed by atoms with E-state index in [-0.39, 0.29) is 11.9 Å². The van der Waals surface area contributed by atoms with E-state index < -0.39 is 0 Å². The first-order valence-electron chi connectivity index (χ1n) is 11.1. The molecule has 2 aromatic rings. The SMILES string of the molecule is Cc1ccc(C)c(NC(=O)[C@H](c2ccccc2)N2CCN(C[C@H]3CCCO3)CC2)c1. The summed E-state index contributed by atoms with van der Waals surface area (Å²) in [4.78, 5) is 18.3. The van der Waals surface area contributed by atoms with Gasteiger partial charge in [-0.1, -0.05) is 42.5 Å². The molecule has 2 heterocycles. The molecule has 2 atom stereocenters. The van der Waals surface area contributed by atoms with Gasteiger partial charge in [-0.05, 0) is 49.4 Å². The van der Waals surface area contributed by atoms with Crippen LogP contribution in [0.3, 0.4) is 0 Å². The highest BCUT2D eigenvalue weighted by atomic mass is 16.5. The fourth-order valence-corrected chi connectivity index (χ4v) is 4.52. The van der Waals surface area contributed by atoms with Gasteiger partial charge < -0.3 is 10.1 Å². The molecule has 1 amide bonds. The summed E-state index contributed by atoms with van der Waals surface area (Å²) in [5.41, 5.74) is 4.18. The standard InChI is InChI=1S/C25H33N3O2/c1-19-10-11-20(2)23(17-19)26-25(29)24(21-7-4-3-5-8-21)28-14-12-27(13-15-28)18-22-9-6-16-30-22/h3-5,7-8,10-11,17,22,24H,6,9,12-16,18H2,1-2H3,(H,26,29)/t22-,24+/m1/s1. The molecule has 2 aromatic carbocycles. The van der Waals surface area contributed by atoms with Crippen molar-refractivity contribution in [1.82, 2.24) is 9.80 Å². The highest BCUT2D eigenvalue weighted by Crippen LogP contribution is 2.26. The number of nitrogens with zero attached hydrogens (tertiary/aromatic N) is 2. The molecule has 0 spiro atoms. The Bertz CT molecular complexity index is 841. The Hall–Kier alpha value is -2.21. The van der Waals surface area contributed by atoms with Gasteiger partial charge in [0.25, 0.3) is 0 Å². The minimum Gasteiger partial charge on any atom is -0.377 e. The largest absolute Gasteiger partial charge is 0.377 e. The van der Waals surface area contributed by atoms with Gasteiger partial charge in [-0.25, -0.2) is 0 Å². The van der Waals surface area contributed by atoms with Crippen molar-refractivity contribution in [1.29, 1.82) is 0 Å². The number of anilines is 1. The molecule has 2 fully saturated rings. The molecule has 4 rings (SSSR count). The zero-order chi connectivity index (χ0) is 20.9. The molecule has 0 unspecified atom stereocenters. The number of hydrogen-bond acceptors (Lipinski definition) is 4. The number of carbonyl (C=O) groups excluding carboxylic acids is 1. The van der Waals surface area contributed by atoms with Crippen LogP contribution in [0.1, 0.15) is 35.6 Å². The van der Waals surface area contributed by atoms with Gasteiger partial charge in [0.05, 0.1) is 6.10 Å². The molecular weight excluding hydrogens is 374 g/mol. The summed E-state index contributed by atoms with van der Waals surface area (Å²) in [5, 5.41) is 3.20. The number of hydrogen-bond donors (Lipinski definition) is 1. The molecule has 5 nitrogen and oxygen atoms in total. The molecular formula is C25H33N3O2. The molecule has 2 aliphatic heterocycles. The normalized spacial score (nSPS) is 21.5. The fourth-order valence-electron chi connectivity index (χ4n) is 4.52. The Kier molecular flexibility index (Phi) is 6.82. The number of carbonyl (C=O) groups is 1. The lowest BCUT2D eigenvalue weighted by Crippen LogP contribution is -2.51. The molecule has 2 saturated heterocycles. The zero-order valence-electron chi connectivity index (χ0n) is 18.1. The lowest BCUT2D eigenvalue weighted by molar-refractivity contribution is -0.122. The van der Waals surface area contributed by atoms with Crippen molar-refractivity contribution in [2.75, 3.05) is 44.6 Å². The summed E-state index contributed by atoms with van der Waals surface area (Å²) in [5.74, 6) is 0.0440. The van der Waals surface area contributed by atoms with Crippen LogP contribution in [-0.2, 0) is 9.53 Å². The van der Waals surface area contributed by atoms with Gasteiger partial charge in [-0.15, -0.1) is 0 Å². The number of piperazine rings is 1. The molecule has 160 valence electrons. The Balaban J connectivity index is 1.46. The van der Waals surface area contributed by atoms with Crippen LogP contribution in [0.15, 0.2) is 48.5 Å². The highest BCUT2D eigenvalue weighted by molar-refractivity contribution is 5.96. The summed E-state index contributed by atoms with van der Waals surface area (Å²) in [6.07, 6.45) is 2.73. The number of nitrogens with one attached hydrogen (secondary N) is 1. The van der Waals surface area contributed by atoms with Crippen LogP contribution in [-0.4, -0.2) is 61.1 Å². The summed E-state index contributed by atoms with van der Waals surface area (Å²) in [7, 11) is 0. The quantitative estimate of drug-likeness (QED) is 0.792. The lowest BCUT2D eigenvalue weighted by Gasteiger charge is -2.39. The molecule has 30 heavy (non-hydrogen) atoms. The predicted octanol–water partition coefficient (Wildman–Crippen LogP) is 3.78. The van der Waals surface area contributed by atoms with Crippen molar-refractivity contribution in [3.63, 3.8) is 0 Å². The van der Waals surface area contributed by atoms with Gasteiger partial charge in [-0.2, -0.15) is 0 Å². The van der Waals surface area contributed by atoms with E-state index in [1.54, 1.807) is 0 Å². The third-order valence-electron chi connectivity index (χ3n) is 6.27. The average Bonchev–Trinajstić information content (AvgIpc) is 3.26. The van der Waals surface area contributed by atoms with Gasteiger partial charge >= 0.3 is 0 Å². The smallest absolute Gasteiger partial charge is 0.246 e. The highest BCUT2D eigenvalue weighted by Gasteiger charge is 2.31. The number of benzene rings is 2. The first kappa shape index (κ1) is 21.0. The van der Waals surface area contributed by atoms with Crippen LogP contribution in [0, 0.1) is 13.8 Å². The summed E-state index contributed by atoms with van der Waals surface area (Å²) < 4.78 is 5.81. The second-order valence-electron chi connectivity index (χ2n) is 8.59. The van der Waals surface area contributed by atoms with Gasteiger partial charge in [-0.3, -0.25) is 14.6 Å². The van der Waals surface area contributed by atoms with E-state index in [0.717, 1.165) is 61.7 Å². The van der Waals surface area contributed by atoms with Crippen LogP contribution in [0.2, 0.25) is 0 Å². The molecule has 2 aliphatic rings.